The fourth-order valence-electron chi connectivity index (χ4n) is 4.40. The summed E-state index contributed by atoms with van der Waals surface area (Å²) in [4.78, 5) is 25.2. The third-order valence-corrected chi connectivity index (χ3v) is 6.15. The summed E-state index contributed by atoms with van der Waals surface area (Å²) in [7, 11) is 1.21. The Labute approximate surface area is 202 Å². The maximum atomic E-state index is 14.5. The van der Waals surface area contributed by atoms with Gasteiger partial charge in [-0.05, 0) is 84.1 Å². The first-order valence-corrected chi connectivity index (χ1v) is 11.6. The molecule has 180 valence electrons. The zero-order valence-electron chi connectivity index (χ0n) is 20.1. The molecule has 35 heavy (non-hydrogen) atoms. The van der Waals surface area contributed by atoms with Crippen LogP contribution in [0.1, 0.15) is 58.5 Å². The molecule has 0 aliphatic rings. The molecule has 0 saturated heterocycles. The molecule has 0 N–H and O–H groups in total. The number of benzene rings is 3. The molecule has 0 atom stereocenters. The molecule has 0 spiro atoms. The Balaban J connectivity index is 2.04. The van der Waals surface area contributed by atoms with Gasteiger partial charge in [-0.25, -0.2) is 13.6 Å². The minimum atomic E-state index is -0.759. The molecule has 0 saturated carbocycles. The molecule has 4 rings (SSSR count). The molecule has 4 aromatic rings. The number of furan rings is 1. The average molecular weight is 477 g/mol. The molecule has 0 unspecified atom stereocenters. The number of carbonyl (C=O) groups excluding carboxylic acids is 2. The van der Waals surface area contributed by atoms with Crippen molar-refractivity contribution in [2.45, 2.75) is 40.0 Å². The van der Waals surface area contributed by atoms with Crippen molar-refractivity contribution in [3.8, 4) is 22.5 Å². The molecule has 0 bridgehead atoms. The van der Waals surface area contributed by atoms with Gasteiger partial charge in [0.1, 0.15) is 23.0 Å². The van der Waals surface area contributed by atoms with Crippen LogP contribution in [-0.2, 0) is 11.2 Å². The van der Waals surface area contributed by atoms with Crippen molar-refractivity contribution in [2.75, 3.05) is 7.11 Å². The zero-order valence-corrected chi connectivity index (χ0v) is 20.1. The van der Waals surface area contributed by atoms with Crippen molar-refractivity contribution in [3.05, 3.63) is 82.4 Å². The molecule has 3 aromatic carbocycles. The summed E-state index contributed by atoms with van der Waals surface area (Å²) >= 11 is 0. The molecule has 0 aliphatic heterocycles. The maximum Gasteiger partial charge on any atom is 0.340 e. The maximum absolute atomic E-state index is 14.5. The second kappa shape index (κ2) is 9.82. The number of ketones is 1. The number of aryl methyl sites for hydroxylation is 2. The number of Topliss-reactive ketones (excluding diaryl/α,β-unsaturated/α-hetero) is 1. The van der Waals surface area contributed by atoms with Gasteiger partial charge in [0.05, 0.1) is 18.2 Å². The Morgan fingerprint density at radius 2 is 1.69 bits per heavy atom. The van der Waals surface area contributed by atoms with Crippen LogP contribution in [0, 0.1) is 18.6 Å². The van der Waals surface area contributed by atoms with Gasteiger partial charge in [0.2, 0.25) is 0 Å². The first kappa shape index (κ1) is 24.3. The molecule has 4 nitrogen and oxygen atoms in total. The number of fused-ring (bicyclic) bond motifs is 1. The summed E-state index contributed by atoms with van der Waals surface area (Å²) in [6.07, 6.45) is 1.81. The molecule has 6 heteroatoms. The molecular weight excluding hydrogens is 450 g/mol. The van der Waals surface area contributed by atoms with Gasteiger partial charge in [-0.2, -0.15) is 0 Å². The van der Waals surface area contributed by atoms with Gasteiger partial charge >= 0.3 is 5.97 Å². The van der Waals surface area contributed by atoms with Crippen LogP contribution in [0.15, 0.2) is 52.9 Å². The van der Waals surface area contributed by atoms with Crippen LogP contribution >= 0.6 is 0 Å². The summed E-state index contributed by atoms with van der Waals surface area (Å²) in [6, 6.07) is 12.4. The Kier molecular flexibility index (Phi) is 6.83. The van der Waals surface area contributed by atoms with Gasteiger partial charge in [-0.15, -0.1) is 0 Å². The Morgan fingerprint density at radius 1 is 0.971 bits per heavy atom. The SMILES string of the molecule is CCCc1cc2oc(-c3ccc(F)cc3)c(C(=O)CC)c2cc1-c1cc(C(=O)OC)c(F)cc1C. The highest BCUT2D eigenvalue weighted by atomic mass is 19.1. The molecular formula is C29H26F2O4. The van der Waals surface area contributed by atoms with Crippen molar-refractivity contribution in [2.24, 2.45) is 0 Å². The molecule has 0 radical (unpaired) electrons. The largest absolute Gasteiger partial charge is 0.465 e. The summed E-state index contributed by atoms with van der Waals surface area (Å²) in [5.41, 5.74) is 4.48. The van der Waals surface area contributed by atoms with Gasteiger partial charge in [0.15, 0.2) is 5.78 Å². The van der Waals surface area contributed by atoms with Crippen LogP contribution in [0.25, 0.3) is 33.4 Å². The van der Waals surface area contributed by atoms with E-state index in [0.717, 1.165) is 17.5 Å². The number of hydrogen-bond acceptors (Lipinski definition) is 4. The highest BCUT2D eigenvalue weighted by Gasteiger charge is 2.24. The smallest absolute Gasteiger partial charge is 0.340 e. The second-order valence-electron chi connectivity index (χ2n) is 8.48. The fraction of sp³-hybridized carbons (Fsp3) is 0.241. The van der Waals surface area contributed by atoms with E-state index in [1.165, 1.54) is 31.4 Å². The summed E-state index contributed by atoms with van der Waals surface area (Å²) in [6.45, 7) is 5.59. The van der Waals surface area contributed by atoms with Crippen LogP contribution in [-0.4, -0.2) is 18.9 Å². The van der Waals surface area contributed by atoms with E-state index >= 15 is 0 Å². The first-order valence-electron chi connectivity index (χ1n) is 11.6. The standard InChI is InChI=1S/C29H26F2O4/c1-5-7-18-13-26-23(15-21(18)20-14-22(29(33)34-4)24(31)12-16(20)3)27(25(32)6-2)28(35-26)17-8-10-19(30)11-9-17/h8-15H,5-7H2,1-4H3. The van der Waals surface area contributed by atoms with Crippen LogP contribution in [0.3, 0.4) is 0 Å². The number of ether oxygens (including phenoxy) is 1. The van der Waals surface area contributed by atoms with Gasteiger partial charge < -0.3 is 9.15 Å². The van der Waals surface area contributed by atoms with Crippen molar-refractivity contribution >= 4 is 22.7 Å². The lowest BCUT2D eigenvalue weighted by Crippen LogP contribution is -2.06. The van der Waals surface area contributed by atoms with Gasteiger partial charge in [0, 0.05) is 17.4 Å². The topological polar surface area (TPSA) is 56.5 Å². The third kappa shape index (κ3) is 4.48. The monoisotopic (exact) mass is 476 g/mol. The van der Waals surface area contributed by atoms with Crippen LogP contribution in [0.5, 0.6) is 0 Å². The number of hydrogen-bond donors (Lipinski definition) is 0. The number of halogens is 2. The van der Waals surface area contributed by atoms with Gasteiger partial charge in [-0.1, -0.05) is 20.3 Å². The normalized spacial score (nSPS) is 11.1. The van der Waals surface area contributed by atoms with Crippen molar-refractivity contribution in [3.63, 3.8) is 0 Å². The molecule has 0 fully saturated rings. The predicted molar refractivity (Wildman–Crippen MR) is 132 cm³/mol. The van der Waals surface area contributed by atoms with E-state index in [0.29, 0.717) is 45.4 Å². The third-order valence-electron chi connectivity index (χ3n) is 6.15. The highest BCUT2D eigenvalue weighted by molar-refractivity contribution is 6.13. The minimum absolute atomic E-state index is 0.108. The lowest BCUT2D eigenvalue weighted by atomic mass is 9.90. The van der Waals surface area contributed by atoms with E-state index in [1.54, 1.807) is 26.0 Å². The lowest BCUT2D eigenvalue weighted by molar-refractivity contribution is 0.0595. The zero-order chi connectivity index (χ0) is 25.3. The van der Waals surface area contributed by atoms with Crippen LogP contribution in [0.2, 0.25) is 0 Å². The van der Waals surface area contributed by atoms with E-state index in [4.69, 9.17) is 9.15 Å². The minimum Gasteiger partial charge on any atom is -0.465 e. The van der Waals surface area contributed by atoms with Crippen molar-refractivity contribution < 1.29 is 27.5 Å². The second-order valence-corrected chi connectivity index (χ2v) is 8.48. The lowest BCUT2D eigenvalue weighted by Gasteiger charge is -2.14. The molecule has 0 amide bonds. The Bertz CT molecular complexity index is 1430. The van der Waals surface area contributed by atoms with Gasteiger partial charge in [0.25, 0.3) is 0 Å². The number of esters is 1. The first-order chi connectivity index (χ1) is 16.8. The predicted octanol–water partition coefficient (Wildman–Crippen LogP) is 7.69. The highest BCUT2D eigenvalue weighted by Crippen LogP contribution is 2.40. The van der Waals surface area contributed by atoms with E-state index in [-0.39, 0.29) is 23.6 Å². The Morgan fingerprint density at radius 3 is 2.31 bits per heavy atom. The number of rotatable bonds is 7. The van der Waals surface area contributed by atoms with E-state index in [1.807, 2.05) is 19.1 Å². The average Bonchev–Trinajstić information content (AvgIpc) is 3.21. The fourth-order valence-corrected chi connectivity index (χ4v) is 4.40. The van der Waals surface area contributed by atoms with E-state index < -0.39 is 11.8 Å². The Hall–Kier alpha value is -3.80. The molecule has 1 aromatic heterocycles. The quantitative estimate of drug-likeness (QED) is 0.203. The van der Waals surface area contributed by atoms with Crippen molar-refractivity contribution in [1.82, 2.24) is 0 Å². The number of carbonyl (C=O) groups is 2. The molecule has 1 heterocycles. The summed E-state index contributed by atoms with van der Waals surface area (Å²) in [5, 5.41) is 0.620. The van der Waals surface area contributed by atoms with Crippen LogP contribution < -0.4 is 0 Å². The van der Waals surface area contributed by atoms with E-state index in [2.05, 4.69) is 0 Å². The molecule has 0 aliphatic carbocycles. The van der Waals surface area contributed by atoms with Crippen LogP contribution in [0.4, 0.5) is 8.78 Å². The van der Waals surface area contributed by atoms with Gasteiger partial charge in [-0.3, -0.25) is 4.79 Å². The summed E-state index contributed by atoms with van der Waals surface area (Å²) in [5.74, 6) is -1.51. The number of methoxy groups -OCH3 is 1. The summed E-state index contributed by atoms with van der Waals surface area (Å²) < 4.78 is 39.0. The van der Waals surface area contributed by atoms with E-state index in [9.17, 15) is 18.4 Å². The van der Waals surface area contributed by atoms with Crippen molar-refractivity contribution in [1.29, 1.82) is 0 Å².